The number of carbonyl (C=O) groups excluding carboxylic acids is 1. The van der Waals surface area contributed by atoms with Gasteiger partial charge in [-0.2, -0.15) is 5.10 Å². The van der Waals surface area contributed by atoms with Crippen LogP contribution in [0.3, 0.4) is 0 Å². The first-order valence-electron chi connectivity index (χ1n) is 5.71. The average molecular weight is 429 g/mol. The van der Waals surface area contributed by atoms with Crippen molar-refractivity contribution in [3.63, 3.8) is 0 Å². The molecular weight excluding hydrogens is 422 g/mol. The Kier molecular flexibility index (Phi) is 4.13. The van der Waals surface area contributed by atoms with E-state index in [1.165, 1.54) is 17.7 Å². The Morgan fingerprint density at radius 1 is 1.33 bits per heavy atom. The first-order valence-corrected chi connectivity index (χ1v) is 8.11. The second kappa shape index (κ2) is 6.04. The van der Waals surface area contributed by atoms with Crippen molar-refractivity contribution in [1.29, 1.82) is 0 Å². The van der Waals surface area contributed by atoms with E-state index in [4.69, 9.17) is 0 Å². The molecule has 0 aliphatic carbocycles. The lowest BCUT2D eigenvalue weighted by Crippen LogP contribution is -2.10. The van der Waals surface area contributed by atoms with Crippen LogP contribution in [0.2, 0.25) is 0 Å². The fourth-order valence-electron chi connectivity index (χ4n) is 1.57. The van der Waals surface area contributed by atoms with Crippen LogP contribution < -0.4 is 5.32 Å². The lowest BCUT2D eigenvalue weighted by Gasteiger charge is -2.04. The van der Waals surface area contributed by atoms with Gasteiger partial charge in [-0.3, -0.25) is 4.79 Å². The maximum Gasteiger partial charge on any atom is 0.265 e. The second-order valence-electron chi connectivity index (χ2n) is 3.93. The molecule has 6 nitrogen and oxygen atoms in total. The molecular formula is C12H7Br2N5OS. The van der Waals surface area contributed by atoms with Crippen molar-refractivity contribution in [2.75, 3.05) is 5.32 Å². The van der Waals surface area contributed by atoms with Gasteiger partial charge in [0.15, 0.2) is 5.82 Å². The number of rotatable bonds is 3. The normalized spacial score (nSPS) is 10.6. The topological polar surface area (TPSA) is 72.7 Å². The Bertz CT molecular complexity index is 750. The molecule has 9 heteroatoms. The van der Waals surface area contributed by atoms with Crippen molar-refractivity contribution in [2.45, 2.75) is 0 Å². The Labute approximate surface area is 140 Å². The third-order valence-electron chi connectivity index (χ3n) is 2.53. The highest BCUT2D eigenvalue weighted by Crippen LogP contribution is 2.32. The molecule has 0 unspecified atom stereocenters. The van der Waals surface area contributed by atoms with E-state index in [1.54, 1.807) is 35.4 Å². The highest BCUT2D eigenvalue weighted by molar-refractivity contribution is 9.13. The number of carbonyl (C=O) groups is 1. The quantitative estimate of drug-likeness (QED) is 0.692. The number of anilines is 1. The lowest BCUT2D eigenvalue weighted by atomic mass is 10.3. The zero-order valence-corrected chi connectivity index (χ0v) is 14.3. The van der Waals surface area contributed by atoms with E-state index in [0.717, 1.165) is 8.26 Å². The summed E-state index contributed by atoms with van der Waals surface area (Å²) < 4.78 is 3.28. The SMILES string of the molecule is O=C(Nc1ccc(-n2cncn2)nc1)c1cc(Br)c(Br)s1. The molecule has 0 saturated heterocycles. The lowest BCUT2D eigenvalue weighted by molar-refractivity contribution is 0.103. The first-order chi connectivity index (χ1) is 10.1. The summed E-state index contributed by atoms with van der Waals surface area (Å²) in [6, 6.07) is 5.28. The summed E-state index contributed by atoms with van der Waals surface area (Å²) in [4.78, 5) is 20.8. The number of hydrogen-bond donors (Lipinski definition) is 1. The Morgan fingerprint density at radius 2 is 2.19 bits per heavy atom. The number of aromatic nitrogens is 4. The maximum atomic E-state index is 12.1. The van der Waals surface area contributed by atoms with E-state index >= 15 is 0 Å². The van der Waals surface area contributed by atoms with Crippen LogP contribution in [0, 0.1) is 0 Å². The molecule has 0 aliphatic rings. The van der Waals surface area contributed by atoms with Crippen LogP contribution in [0.5, 0.6) is 0 Å². The third kappa shape index (κ3) is 3.20. The number of amides is 1. The Balaban J connectivity index is 1.74. The van der Waals surface area contributed by atoms with Crippen LogP contribution in [-0.2, 0) is 0 Å². The summed E-state index contributed by atoms with van der Waals surface area (Å²) in [7, 11) is 0. The molecule has 3 aromatic heterocycles. The second-order valence-corrected chi connectivity index (χ2v) is 7.16. The molecule has 1 amide bonds. The van der Waals surface area contributed by atoms with Crippen molar-refractivity contribution in [3.05, 3.63) is 50.2 Å². The van der Waals surface area contributed by atoms with Gasteiger partial charge in [0.25, 0.3) is 5.91 Å². The van der Waals surface area contributed by atoms with E-state index < -0.39 is 0 Å². The van der Waals surface area contributed by atoms with Gasteiger partial charge in [-0.05, 0) is 50.1 Å². The molecule has 0 atom stereocenters. The van der Waals surface area contributed by atoms with Gasteiger partial charge in [-0.25, -0.2) is 14.6 Å². The van der Waals surface area contributed by atoms with Crippen molar-refractivity contribution in [2.24, 2.45) is 0 Å². The number of hydrogen-bond acceptors (Lipinski definition) is 5. The molecule has 0 aliphatic heterocycles. The molecule has 3 heterocycles. The Hall–Kier alpha value is -1.58. The molecule has 0 saturated carbocycles. The van der Waals surface area contributed by atoms with Crippen LogP contribution in [0.1, 0.15) is 9.67 Å². The van der Waals surface area contributed by atoms with Gasteiger partial charge in [0.2, 0.25) is 0 Å². The zero-order valence-electron chi connectivity index (χ0n) is 10.3. The van der Waals surface area contributed by atoms with Gasteiger partial charge in [0.1, 0.15) is 12.7 Å². The molecule has 3 rings (SSSR count). The van der Waals surface area contributed by atoms with E-state index in [1.807, 2.05) is 0 Å². The van der Waals surface area contributed by atoms with E-state index in [-0.39, 0.29) is 5.91 Å². The van der Waals surface area contributed by atoms with E-state index in [0.29, 0.717) is 16.4 Å². The number of thiophene rings is 1. The number of pyridine rings is 1. The summed E-state index contributed by atoms with van der Waals surface area (Å²) in [6.45, 7) is 0. The van der Waals surface area contributed by atoms with Gasteiger partial charge >= 0.3 is 0 Å². The highest BCUT2D eigenvalue weighted by atomic mass is 79.9. The average Bonchev–Trinajstić information content (AvgIpc) is 3.11. The van der Waals surface area contributed by atoms with Crippen molar-refractivity contribution in [1.82, 2.24) is 19.7 Å². The Morgan fingerprint density at radius 3 is 2.76 bits per heavy atom. The van der Waals surface area contributed by atoms with Crippen molar-refractivity contribution >= 4 is 54.8 Å². The number of nitrogens with one attached hydrogen (secondary N) is 1. The smallest absolute Gasteiger partial charge is 0.265 e. The van der Waals surface area contributed by atoms with Crippen LogP contribution in [-0.4, -0.2) is 25.7 Å². The molecule has 0 spiro atoms. The minimum atomic E-state index is -0.179. The minimum Gasteiger partial charge on any atom is -0.320 e. The number of nitrogens with zero attached hydrogens (tertiary/aromatic N) is 4. The fourth-order valence-corrected chi connectivity index (χ4v) is 3.50. The highest BCUT2D eigenvalue weighted by Gasteiger charge is 2.12. The van der Waals surface area contributed by atoms with Gasteiger partial charge in [0.05, 0.1) is 20.5 Å². The maximum absolute atomic E-state index is 12.1. The van der Waals surface area contributed by atoms with Crippen LogP contribution in [0.15, 0.2) is 45.3 Å². The predicted molar refractivity (Wildman–Crippen MR) is 86.8 cm³/mol. The first kappa shape index (κ1) is 14.4. The number of halogens is 2. The van der Waals surface area contributed by atoms with Crippen LogP contribution in [0.4, 0.5) is 5.69 Å². The molecule has 0 bridgehead atoms. The summed E-state index contributed by atoms with van der Waals surface area (Å²) in [5.74, 6) is 0.453. The standard InChI is InChI=1S/C12H7Br2N5OS/c13-8-3-9(21-11(8)14)12(20)18-7-1-2-10(16-4-7)19-6-15-5-17-19/h1-6H,(H,18,20). The summed E-state index contributed by atoms with van der Waals surface area (Å²) in [5.41, 5.74) is 0.615. The molecule has 1 N–H and O–H groups in total. The third-order valence-corrected chi connectivity index (χ3v) is 5.78. The van der Waals surface area contributed by atoms with Crippen LogP contribution >= 0.6 is 43.2 Å². The van der Waals surface area contributed by atoms with E-state index in [9.17, 15) is 4.79 Å². The van der Waals surface area contributed by atoms with Gasteiger partial charge < -0.3 is 5.32 Å². The van der Waals surface area contributed by atoms with Crippen molar-refractivity contribution < 1.29 is 4.79 Å². The monoisotopic (exact) mass is 427 g/mol. The summed E-state index contributed by atoms with van der Waals surface area (Å²) >= 11 is 8.08. The van der Waals surface area contributed by atoms with Gasteiger partial charge in [-0.1, -0.05) is 0 Å². The van der Waals surface area contributed by atoms with Crippen molar-refractivity contribution in [3.8, 4) is 5.82 Å². The fraction of sp³-hybridized carbons (Fsp3) is 0. The molecule has 106 valence electrons. The molecule has 3 aromatic rings. The van der Waals surface area contributed by atoms with Gasteiger partial charge in [-0.15, -0.1) is 11.3 Å². The minimum absolute atomic E-state index is 0.179. The summed E-state index contributed by atoms with van der Waals surface area (Å²) in [5, 5.41) is 6.78. The van der Waals surface area contributed by atoms with Crippen LogP contribution in [0.25, 0.3) is 5.82 Å². The summed E-state index contributed by atoms with van der Waals surface area (Å²) in [6.07, 6.45) is 4.57. The van der Waals surface area contributed by atoms with E-state index in [2.05, 4.69) is 52.2 Å². The largest absolute Gasteiger partial charge is 0.320 e. The van der Waals surface area contributed by atoms with Gasteiger partial charge in [0, 0.05) is 4.47 Å². The molecule has 21 heavy (non-hydrogen) atoms. The molecule has 0 radical (unpaired) electrons. The molecule has 0 fully saturated rings. The predicted octanol–water partition coefficient (Wildman–Crippen LogP) is 3.50. The zero-order chi connectivity index (χ0) is 14.8. The molecule has 0 aromatic carbocycles.